The van der Waals surface area contributed by atoms with Crippen molar-refractivity contribution in [3.63, 3.8) is 0 Å². The molecule has 1 rings (SSSR count). The van der Waals surface area contributed by atoms with Crippen molar-refractivity contribution in [2.24, 2.45) is 0 Å². The third-order valence-electron chi connectivity index (χ3n) is 2.62. The summed E-state index contributed by atoms with van der Waals surface area (Å²) in [6.07, 6.45) is 3.96. The van der Waals surface area contributed by atoms with Gasteiger partial charge >= 0.3 is 0 Å². The number of hydrogen-bond acceptors (Lipinski definition) is 3. The first kappa shape index (κ1) is 11.9. The van der Waals surface area contributed by atoms with Gasteiger partial charge in [0.25, 0.3) is 10.2 Å². The molecule has 0 radical (unpaired) electrons. The van der Waals surface area contributed by atoms with Gasteiger partial charge in [-0.15, -0.1) is 0 Å². The fraction of sp³-hybridized carbons (Fsp3) is 1.00. The Labute approximate surface area is 85.3 Å². The number of nitrogens with zero attached hydrogens (tertiary/aromatic N) is 1. The van der Waals surface area contributed by atoms with Gasteiger partial charge in [0.15, 0.2) is 0 Å². The molecule has 0 aromatic heterocycles. The summed E-state index contributed by atoms with van der Waals surface area (Å²) in [7, 11) is -1.99. The monoisotopic (exact) mass is 222 g/mol. The molecular formula is C8H18N2O3S. The summed E-state index contributed by atoms with van der Waals surface area (Å²) >= 11 is 0. The van der Waals surface area contributed by atoms with E-state index in [1.54, 1.807) is 0 Å². The molecule has 0 heterocycles. The van der Waals surface area contributed by atoms with Gasteiger partial charge < -0.3 is 5.11 Å². The first-order valence-corrected chi connectivity index (χ1v) is 6.37. The van der Waals surface area contributed by atoms with Crippen LogP contribution in [0.3, 0.4) is 0 Å². The highest BCUT2D eigenvalue weighted by molar-refractivity contribution is 7.87. The fourth-order valence-electron chi connectivity index (χ4n) is 1.91. The smallest absolute Gasteiger partial charge is 0.279 e. The molecule has 1 aliphatic rings. The molecule has 0 aromatic rings. The molecule has 0 spiro atoms. The Hall–Kier alpha value is -0.170. The minimum atomic E-state index is -3.38. The van der Waals surface area contributed by atoms with Crippen LogP contribution in [-0.2, 0) is 10.2 Å². The summed E-state index contributed by atoms with van der Waals surface area (Å²) in [4.78, 5) is 0. The largest absolute Gasteiger partial charge is 0.395 e. The summed E-state index contributed by atoms with van der Waals surface area (Å²) in [5.74, 6) is 0. The minimum Gasteiger partial charge on any atom is -0.395 e. The van der Waals surface area contributed by atoms with Gasteiger partial charge in [0.1, 0.15) is 0 Å². The molecule has 1 fully saturated rings. The van der Waals surface area contributed by atoms with Crippen LogP contribution in [0.2, 0.25) is 0 Å². The summed E-state index contributed by atoms with van der Waals surface area (Å²) in [5.41, 5.74) is 0. The topological polar surface area (TPSA) is 69.6 Å². The van der Waals surface area contributed by atoms with Crippen LogP contribution in [0.15, 0.2) is 0 Å². The lowest BCUT2D eigenvalue weighted by atomic mass is 10.2. The number of hydrogen-bond donors (Lipinski definition) is 2. The van der Waals surface area contributed by atoms with E-state index in [-0.39, 0.29) is 19.2 Å². The van der Waals surface area contributed by atoms with Gasteiger partial charge in [-0.1, -0.05) is 12.8 Å². The van der Waals surface area contributed by atoms with Crippen LogP contribution < -0.4 is 4.72 Å². The predicted molar refractivity (Wildman–Crippen MR) is 54.0 cm³/mol. The van der Waals surface area contributed by atoms with E-state index in [0.717, 1.165) is 25.7 Å². The predicted octanol–water partition coefficient (Wildman–Crippen LogP) is -0.313. The van der Waals surface area contributed by atoms with E-state index in [0.29, 0.717) is 0 Å². The van der Waals surface area contributed by atoms with Crippen LogP contribution in [0.1, 0.15) is 25.7 Å². The molecule has 0 bridgehead atoms. The second kappa shape index (κ2) is 5.06. The van der Waals surface area contributed by atoms with E-state index in [1.165, 1.54) is 11.4 Å². The first-order valence-electron chi connectivity index (χ1n) is 4.93. The van der Waals surface area contributed by atoms with E-state index in [2.05, 4.69) is 4.72 Å². The van der Waals surface area contributed by atoms with Crippen LogP contribution in [0, 0.1) is 0 Å². The maximum absolute atomic E-state index is 11.6. The summed E-state index contributed by atoms with van der Waals surface area (Å²) in [6, 6.07) is 0.0691. The Bertz CT molecular complexity index is 260. The van der Waals surface area contributed by atoms with Crippen molar-refractivity contribution in [3.8, 4) is 0 Å². The minimum absolute atomic E-state index is 0.0691. The lowest BCUT2D eigenvalue weighted by Gasteiger charge is -2.26. The summed E-state index contributed by atoms with van der Waals surface area (Å²) < 4.78 is 26.8. The van der Waals surface area contributed by atoms with Crippen molar-refractivity contribution in [3.05, 3.63) is 0 Å². The molecule has 84 valence electrons. The molecule has 0 atom stereocenters. The fourth-order valence-corrected chi connectivity index (χ4v) is 3.07. The zero-order valence-electron chi connectivity index (χ0n) is 8.44. The van der Waals surface area contributed by atoms with Gasteiger partial charge in [0.05, 0.1) is 6.61 Å². The zero-order chi connectivity index (χ0) is 10.6. The molecule has 14 heavy (non-hydrogen) atoms. The van der Waals surface area contributed by atoms with E-state index in [1.807, 2.05) is 0 Å². The lowest BCUT2D eigenvalue weighted by Crippen LogP contribution is -2.45. The average Bonchev–Trinajstić information content (AvgIpc) is 2.66. The van der Waals surface area contributed by atoms with E-state index in [4.69, 9.17) is 5.11 Å². The number of aliphatic hydroxyl groups is 1. The Morgan fingerprint density at radius 3 is 2.43 bits per heavy atom. The molecule has 2 N–H and O–H groups in total. The molecule has 0 saturated heterocycles. The van der Waals surface area contributed by atoms with Crippen molar-refractivity contribution >= 4 is 10.2 Å². The highest BCUT2D eigenvalue weighted by Gasteiger charge is 2.30. The maximum Gasteiger partial charge on any atom is 0.279 e. The molecule has 0 amide bonds. The molecule has 5 nitrogen and oxygen atoms in total. The maximum atomic E-state index is 11.6. The third-order valence-corrected chi connectivity index (χ3v) is 4.23. The second-order valence-corrected chi connectivity index (χ2v) is 5.31. The van der Waals surface area contributed by atoms with Crippen molar-refractivity contribution in [1.82, 2.24) is 9.03 Å². The Balaban J connectivity index is 2.72. The Morgan fingerprint density at radius 1 is 1.43 bits per heavy atom. The van der Waals surface area contributed by atoms with Crippen LogP contribution in [-0.4, -0.2) is 44.1 Å². The van der Waals surface area contributed by atoms with Gasteiger partial charge in [-0.05, 0) is 12.8 Å². The van der Waals surface area contributed by atoms with Gasteiger partial charge in [-0.3, -0.25) is 0 Å². The van der Waals surface area contributed by atoms with Crippen LogP contribution in [0.4, 0.5) is 0 Å². The number of rotatable bonds is 5. The van der Waals surface area contributed by atoms with E-state index in [9.17, 15) is 8.42 Å². The Kier molecular flexibility index (Phi) is 4.31. The summed E-state index contributed by atoms with van der Waals surface area (Å²) in [5, 5.41) is 8.82. The molecule has 6 heteroatoms. The summed E-state index contributed by atoms with van der Waals surface area (Å²) in [6.45, 7) is 0.0608. The van der Waals surface area contributed by atoms with Crippen molar-refractivity contribution < 1.29 is 13.5 Å². The highest BCUT2D eigenvalue weighted by atomic mass is 32.2. The van der Waals surface area contributed by atoms with Crippen molar-refractivity contribution in [2.75, 3.05) is 20.2 Å². The first-order chi connectivity index (χ1) is 6.61. The van der Waals surface area contributed by atoms with Gasteiger partial charge in [-0.25, -0.2) is 4.72 Å². The Morgan fingerprint density at radius 2 is 2.00 bits per heavy atom. The number of aliphatic hydroxyl groups excluding tert-OH is 1. The van der Waals surface area contributed by atoms with Crippen LogP contribution >= 0.6 is 0 Å². The van der Waals surface area contributed by atoms with E-state index >= 15 is 0 Å². The normalized spacial score (nSPS) is 19.4. The zero-order valence-corrected chi connectivity index (χ0v) is 9.26. The molecule has 0 unspecified atom stereocenters. The molecular weight excluding hydrogens is 204 g/mol. The molecule has 0 aromatic carbocycles. The highest BCUT2D eigenvalue weighted by Crippen LogP contribution is 2.24. The number of nitrogens with one attached hydrogen (secondary N) is 1. The van der Waals surface area contributed by atoms with Gasteiger partial charge in [-0.2, -0.15) is 12.7 Å². The lowest BCUT2D eigenvalue weighted by molar-refractivity contribution is 0.225. The van der Waals surface area contributed by atoms with E-state index < -0.39 is 10.2 Å². The van der Waals surface area contributed by atoms with Crippen LogP contribution in [0.25, 0.3) is 0 Å². The average molecular weight is 222 g/mol. The van der Waals surface area contributed by atoms with Gasteiger partial charge in [0.2, 0.25) is 0 Å². The molecule has 1 aliphatic carbocycles. The second-order valence-electron chi connectivity index (χ2n) is 3.48. The van der Waals surface area contributed by atoms with Gasteiger partial charge in [0, 0.05) is 19.6 Å². The quantitative estimate of drug-likeness (QED) is 0.670. The van der Waals surface area contributed by atoms with Crippen molar-refractivity contribution in [2.45, 2.75) is 31.7 Å². The van der Waals surface area contributed by atoms with Crippen molar-refractivity contribution in [1.29, 1.82) is 0 Å². The molecule has 1 saturated carbocycles. The SMILES string of the molecule is CNS(=O)(=O)N(CCO)C1CCCC1. The molecule has 0 aliphatic heterocycles. The standard InChI is InChI=1S/C8H18N2O3S/c1-9-14(12,13)10(6-7-11)8-4-2-3-5-8/h8-9,11H,2-7H2,1H3. The van der Waals surface area contributed by atoms with Crippen LogP contribution in [0.5, 0.6) is 0 Å². The third kappa shape index (κ3) is 2.66.